The second kappa shape index (κ2) is 3.88. The van der Waals surface area contributed by atoms with Gasteiger partial charge < -0.3 is 5.32 Å². The summed E-state index contributed by atoms with van der Waals surface area (Å²) < 4.78 is 12.7. The second-order valence-electron chi connectivity index (χ2n) is 3.59. The molecule has 0 aliphatic carbocycles. The van der Waals surface area contributed by atoms with Crippen molar-refractivity contribution >= 4 is 11.6 Å². The van der Waals surface area contributed by atoms with Crippen LogP contribution in [0.1, 0.15) is 21.8 Å². The van der Waals surface area contributed by atoms with Crippen molar-refractivity contribution in [1.82, 2.24) is 5.32 Å². The Morgan fingerprint density at radius 1 is 1.56 bits per heavy atom. The second-order valence-corrected chi connectivity index (χ2v) is 3.59. The zero-order valence-corrected chi connectivity index (χ0v) is 8.27. The quantitative estimate of drug-likeness (QED) is 0.609. The number of halogens is 1. The molecule has 1 unspecified atom stereocenters. The van der Waals surface area contributed by atoms with Gasteiger partial charge in [0, 0.05) is 30.2 Å². The van der Waals surface area contributed by atoms with Crippen LogP contribution in [-0.2, 0) is 0 Å². The van der Waals surface area contributed by atoms with Crippen LogP contribution in [0.2, 0.25) is 0 Å². The van der Waals surface area contributed by atoms with Crippen molar-refractivity contribution in [1.29, 1.82) is 0 Å². The third-order valence-corrected chi connectivity index (χ3v) is 2.63. The average Bonchev–Trinajstić information content (AvgIpc) is 2.29. The number of nitrogens with zero attached hydrogens (tertiary/aromatic N) is 1. The normalized spacial score (nSPS) is 18.8. The van der Waals surface area contributed by atoms with Crippen molar-refractivity contribution in [3.05, 3.63) is 39.4 Å². The Labute approximate surface area is 90.4 Å². The number of fused-ring (bicyclic) bond motifs is 1. The van der Waals surface area contributed by atoms with Gasteiger partial charge >= 0.3 is 0 Å². The van der Waals surface area contributed by atoms with Crippen LogP contribution in [0.25, 0.3) is 0 Å². The van der Waals surface area contributed by atoms with E-state index in [4.69, 9.17) is 0 Å². The summed E-state index contributed by atoms with van der Waals surface area (Å²) in [7, 11) is 0. The van der Waals surface area contributed by atoms with Crippen LogP contribution in [0.15, 0.2) is 18.2 Å². The number of nitro benzene ring substituents is 1. The Morgan fingerprint density at radius 3 is 2.94 bits per heavy atom. The van der Waals surface area contributed by atoms with E-state index < -0.39 is 17.5 Å². The summed E-state index contributed by atoms with van der Waals surface area (Å²) in [6.45, 7) is -0.356. The van der Waals surface area contributed by atoms with Crippen LogP contribution in [0.3, 0.4) is 0 Å². The van der Waals surface area contributed by atoms with Gasteiger partial charge in [-0.3, -0.25) is 19.3 Å². The van der Waals surface area contributed by atoms with E-state index in [1.165, 1.54) is 18.2 Å². The number of nitro groups is 1. The first-order valence-corrected chi connectivity index (χ1v) is 4.76. The van der Waals surface area contributed by atoms with E-state index in [9.17, 15) is 19.3 Å². The van der Waals surface area contributed by atoms with E-state index in [1.807, 2.05) is 0 Å². The number of non-ortho nitro benzene ring substituents is 1. The molecule has 1 aromatic carbocycles. The molecule has 2 rings (SSSR count). The summed E-state index contributed by atoms with van der Waals surface area (Å²) in [5.41, 5.74) is 0.577. The molecule has 84 valence electrons. The Morgan fingerprint density at radius 2 is 2.31 bits per heavy atom. The first kappa shape index (κ1) is 10.5. The molecule has 1 aliphatic heterocycles. The first-order chi connectivity index (χ1) is 7.63. The van der Waals surface area contributed by atoms with Crippen LogP contribution in [-0.4, -0.2) is 24.0 Å². The van der Waals surface area contributed by atoms with Gasteiger partial charge in [0.15, 0.2) is 0 Å². The molecule has 1 aliphatic rings. The highest BCUT2D eigenvalue weighted by Crippen LogP contribution is 2.27. The van der Waals surface area contributed by atoms with Crippen LogP contribution in [0.4, 0.5) is 10.1 Å². The molecule has 1 amide bonds. The van der Waals surface area contributed by atoms with Gasteiger partial charge in [0.05, 0.1) is 11.6 Å². The third kappa shape index (κ3) is 1.62. The Bertz CT molecular complexity index is 461. The topological polar surface area (TPSA) is 72.2 Å². The molecule has 0 saturated carbocycles. The van der Waals surface area contributed by atoms with E-state index in [0.29, 0.717) is 5.56 Å². The van der Waals surface area contributed by atoms with Gasteiger partial charge in [-0.2, -0.15) is 0 Å². The molecule has 1 atom stereocenters. The molecule has 0 fully saturated rings. The number of hydrogen-bond donors (Lipinski definition) is 1. The molecule has 1 N–H and O–H groups in total. The van der Waals surface area contributed by atoms with Crippen molar-refractivity contribution in [2.45, 2.75) is 5.92 Å². The van der Waals surface area contributed by atoms with Crippen LogP contribution < -0.4 is 5.32 Å². The largest absolute Gasteiger partial charge is 0.351 e. The highest BCUT2D eigenvalue weighted by atomic mass is 19.1. The smallest absolute Gasteiger partial charge is 0.270 e. The number of benzene rings is 1. The minimum Gasteiger partial charge on any atom is -0.351 e. The molecule has 1 aromatic rings. The van der Waals surface area contributed by atoms with Gasteiger partial charge in [-0.05, 0) is 5.56 Å². The fourth-order valence-corrected chi connectivity index (χ4v) is 1.77. The van der Waals surface area contributed by atoms with Gasteiger partial charge in [0.1, 0.15) is 0 Å². The lowest BCUT2D eigenvalue weighted by molar-refractivity contribution is -0.384. The fraction of sp³-hybridized carbons (Fsp3) is 0.300. The Balaban J connectivity index is 2.51. The molecule has 16 heavy (non-hydrogen) atoms. The number of rotatable bonds is 2. The summed E-state index contributed by atoms with van der Waals surface area (Å²) in [5.74, 6) is -0.795. The maximum absolute atomic E-state index is 12.7. The Kier molecular flexibility index (Phi) is 2.55. The molecule has 0 saturated heterocycles. The Hall–Kier alpha value is -1.98. The lowest BCUT2D eigenvalue weighted by atomic mass is 9.91. The zero-order chi connectivity index (χ0) is 11.7. The van der Waals surface area contributed by atoms with E-state index in [2.05, 4.69) is 5.32 Å². The molecule has 5 nitrogen and oxygen atoms in total. The molecule has 0 spiro atoms. The number of carbonyl (C=O) groups excluding carboxylic acids is 1. The fourth-order valence-electron chi connectivity index (χ4n) is 1.77. The summed E-state index contributed by atoms with van der Waals surface area (Å²) in [4.78, 5) is 21.4. The molecule has 0 bridgehead atoms. The molecule has 0 radical (unpaired) electrons. The van der Waals surface area contributed by atoms with Crippen LogP contribution in [0.5, 0.6) is 0 Å². The van der Waals surface area contributed by atoms with E-state index >= 15 is 0 Å². The predicted octanol–water partition coefficient (Wildman–Crippen LogP) is 1.39. The van der Waals surface area contributed by atoms with Crippen molar-refractivity contribution in [2.24, 2.45) is 0 Å². The summed E-state index contributed by atoms with van der Waals surface area (Å²) in [6.07, 6.45) is 0. The third-order valence-electron chi connectivity index (χ3n) is 2.63. The number of carbonyl (C=O) groups is 1. The van der Waals surface area contributed by atoms with Crippen molar-refractivity contribution in [3.8, 4) is 0 Å². The number of nitrogens with one attached hydrogen (secondary N) is 1. The number of amides is 1. The monoisotopic (exact) mass is 224 g/mol. The molecule has 0 aromatic heterocycles. The maximum Gasteiger partial charge on any atom is 0.270 e. The van der Waals surface area contributed by atoms with E-state index in [1.54, 1.807) is 0 Å². The van der Waals surface area contributed by atoms with Crippen molar-refractivity contribution in [3.63, 3.8) is 0 Å². The molecule has 6 heteroatoms. The maximum atomic E-state index is 12.7. The zero-order valence-electron chi connectivity index (χ0n) is 8.27. The van der Waals surface area contributed by atoms with Gasteiger partial charge in [-0.1, -0.05) is 6.07 Å². The highest BCUT2D eigenvalue weighted by Gasteiger charge is 2.26. The number of hydrogen-bond acceptors (Lipinski definition) is 3. The summed E-state index contributed by atoms with van der Waals surface area (Å²) in [5, 5.41) is 13.0. The van der Waals surface area contributed by atoms with Crippen LogP contribution in [0, 0.1) is 10.1 Å². The molecular weight excluding hydrogens is 215 g/mol. The lowest BCUT2D eigenvalue weighted by Gasteiger charge is -2.23. The summed E-state index contributed by atoms with van der Waals surface area (Å²) in [6, 6.07) is 3.93. The molecular formula is C10H9FN2O3. The average molecular weight is 224 g/mol. The van der Waals surface area contributed by atoms with Gasteiger partial charge in [-0.25, -0.2) is 0 Å². The van der Waals surface area contributed by atoms with Gasteiger partial charge in [0.2, 0.25) is 0 Å². The highest BCUT2D eigenvalue weighted by molar-refractivity contribution is 5.97. The lowest BCUT2D eigenvalue weighted by Crippen LogP contribution is -2.35. The van der Waals surface area contributed by atoms with Gasteiger partial charge in [-0.15, -0.1) is 0 Å². The number of alkyl halides is 1. The van der Waals surface area contributed by atoms with Crippen molar-refractivity contribution < 1.29 is 14.1 Å². The first-order valence-electron chi connectivity index (χ1n) is 4.76. The summed E-state index contributed by atoms with van der Waals surface area (Å²) >= 11 is 0. The standard InChI is InChI=1S/C10H9FN2O3/c11-4-6-5-12-10(14)9-3-7(13(15)16)1-2-8(6)9/h1-3,6H,4-5H2,(H,12,14). The minimum absolute atomic E-state index is 0.159. The van der Waals surface area contributed by atoms with Crippen LogP contribution >= 0.6 is 0 Å². The van der Waals surface area contributed by atoms with E-state index in [-0.39, 0.29) is 23.7 Å². The SMILES string of the molecule is O=C1NCC(CF)c2ccc([N+](=O)[O-])cc21. The van der Waals surface area contributed by atoms with E-state index in [0.717, 1.165) is 0 Å². The molecule has 1 heterocycles. The minimum atomic E-state index is -0.592. The van der Waals surface area contributed by atoms with Crippen molar-refractivity contribution in [2.75, 3.05) is 13.2 Å². The van der Waals surface area contributed by atoms with Gasteiger partial charge in [0.25, 0.3) is 11.6 Å². The predicted molar refractivity (Wildman–Crippen MR) is 54.1 cm³/mol.